The van der Waals surface area contributed by atoms with Crippen molar-refractivity contribution in [2.24, 2.45) is 0 Å². The molecule has 1 N–H and O–H groups in total. The third-order valence-electron chi connectivity index (χ3n) is 4.10. The lowest BCUT2D eigenvalue weighted by molar-refractivity contribution is -0.185. The van der Waals surface area contributed by atoms with Gasteiger partial charge in [-0.3, -0.25) is 9.59 Å². The Morgan fingerprint density at radius 1 is 1.27 bits per heavy atom. The first kappa shape index (κ1) is 20.2. The van der Waals surface area contributed by atoms with E-state index in [4.69, 9.17) is 0 Å². The molecule has 0 bridgehead atoms. The second-order valence-electron chi connectivity index (χ2n) is 6.12. The smallest absolute Gasteiger partial charge is 0.359 e. The molecule has 1 aliphatic heterocycles. The lowest BCUT2D eigenvalue weighted by Crippen LogP contribution is -2.49. The first-order valence-electron chi connectivity index (χ1n) is 8.20. The van der Waals surface area contributed by atoms with Crippen LogP contribution in [0.25, 0.3) is 0 Å². The molecule has 26 heavy (non-hydrogen) atoms. The minimum absolute atomic E-state index is 0.0100. The fourth-order valence-electron chi connectivity index (χ4n) is 2.65. The molecule has 1 fully saturated rings. The Balaban J connectivity index is 1.80. The van der Waals surface area contributed by atoms with Crippen LogP contribution in [-0.2, 0) is 9.53 Å². The van der Waals surface area contributed by atoms with Crippen molar-refractivity contribution >= 4 is 11.8 Å². The van der Waals surface area contributed by atoms with E-state index < -0.39 is 36.5 Å². The van der Waals surface area contributed by atoms with Gasteiger partial charge >= 0.3 is 6.18 Å². The molecule has 9 heteroatoms. The molecule has 2 amide bonds. The first-order chi connectivity index (χ1) is 12.2. The van der Waals surface area contributed by atoms with Crippen molar-refractivity contribution in [1.29, 1.82) is 0 Å². The quantitative estimate of drug-likeness (QED) is 0.804. The summed E-state index contributed by atoms with van der Waals surface area (Å²) in [5.74, 6) is -1.65. The van der Waals surface area contributed by atoms with Crippen molar-refractivity contribution in [2.75, 3.05) is 19.7 Å². The summed E-state index contributed by atoms with van der Waals surface area (Å²) in [5, 5.41) is 2.62. The summed E-state index contributed by atoms with van der Waals surface area (Å²) in [7, 11) is 0. The molecule has 1 heterocycles. The van der Waals surface area contributed by atoms with E-state index in [0.29, 0.717) is 25.9 Å². The number of carbonyl (C=O) groups is 2. The molecule has 1 atom stereocenters. The molecule has 0 unspecified atom stereocenters. The lowest BCUT2D eigenvalue weighted by atomic mass is 10.0. The summed E-state index contributed by atoms with van der Waals surface area (Å²) >= 11 is 0. The molecule has 0 saturated carbocycles. The number of benzene rings is 1. The Hall–Kier alpha value is -2.16. The van der Waals surface area contributed by atoms with Crippen LogP contribution in [0, 0.1) is 5.82 Å². The van der Waals surface area contributed by atoms with Crippen LogP contribution in [0.1, 0.15) is 30.1 Å². The molecule has 1 aromatic carbocycles. The zero-order valence-electron chi connectivity index (χ0n) is 14.2. The Labute approximate surface area is 148 Å². The molecule has 0 spiro atoms. The highest BCUT2D eigenvalue weighted by atomic mass is 19.4. The highest BCUT2D eigenvalue weighted by Gasteiger charge is 2.31. The fourth-order valence-corrected chi connectivity index (χ4v) is 2.65. The highest BCUT2D eigenvalue weighted by Crippen LogP contribution is 2.17. The number of ether oxygens (including phenoxy) is 1. The minimum atomic E-state index is -4.49. The largest absolute Gasteiger partial charge is 0.411 e. The molecule has 144 valence electrons. The fraction of sp³-hybridized carbons (Fsp3) is 0.529. The molecule has 1 aliphatic rings. The third-order valence-corrected chi connectivity index (χ3v) is 4.10. The van der Waals surface area contributed by atoms with E-state index in [0.717, 1.165) is 0 Å². The van der Waals surface area contributed by atoms with E-state index in [2.05, 4.69) is 10.1 Å². The Kier molecular flexibility index (Phi) is 6.57. The number of halogens is 4. The number of amides is 2. The SMILES string of the molecule is C[C@H](OCC(F)(F)F)C(=O)NC1CCN(C(=O)c2ccccc2F)CC1. The predicted molar refractivity (Wildman–Crippen MR) is 84.9 cm³/mol. The van der Waals surface area contributed by atoms with Gasteiger partial charge in [-0.1, -0.05) is 12.1 Å². The molecule has 0 aliphatic carbocycles. The van der Waals surface area contributed by atoms with Crippen LogP contribution in [0.2, 0.25) is 0 Å². The maximum absolute atomic E-state index is 13.7. The van der Waals surface area contributed by atoms with Gasteiger partial charge in [0.05, 0.1) is 5.56 Å². The number of likely N-dealkylation sites (tertiary alicyclic amines) is 1. The van der Waals surface area contributed by atoms with Gasteiger partial charge < -0.3 is 15.0 Å². The number of hydrogen-bond donors (Lipinski definition) is 1. The van der Waals surface area contributed by atoms with Crippen LogP contribution in [0.15, 0.2) is 24.3 Å². The van der Waals surface area contributed by atoms with E-state index >= 15 is 0 Å². The van der Waals surface area contributed by atoms with Crippen molar-refractivity contribution in [2.45, 2.75) is 38.1 Å². The maximum atomic E-state index is 13.7. The van der Waals surface area contributed by atoms with E-state index in [1.54, 1.807) is 6.07 Å². The van der Waals surface area contributed by atoms with E-state index in [1.165, 1.54) is 30.0 Å². The van der Waals surface area contributed by atoms with Crippen LogP contribution in [0.5, 0.6) is 0 Å². The van der Waals surface area contributed by atoms with Crippen LogP contribution < -0.4 is 5.32 Å². The summed E-state index contributed by atoms with van der Waals surface area (Å²) in [4.78, 5) is 25.7. The summed E-state index contributed by atoms with van der Waals surface area (Å²) < 4.78 is 54.5. The molecular weight excluding hydrogens is 356 g/mol. The molecule has 2 rings (SSSR count). The lowest BCUT2D eigenvalue weighted by Gasteiger charge is -2.33. The Morgan fingerprint density at radius 2 is 1.88 bits per heavy atom. The highest BCUT2D eigenvalue weighted by molar-refractivity contribution is 5.94. The van der Waals surface area contributed by atoms with Crippen LogP contribution in [0.4, 0.5) is 17.6 Å². The van der Waals surface area contributed by atoms with Crippen molar-refractivity contribution in [3.63, 3.8) is 0 Å². The van der Waals surface area contributed by atoms with Crippen LogP contribution in [-0.4, -0.2) is 54.7 Å². The summed E-state index contributed by atoms with van der Waals surface area (Å²) in [6.07, 6.45) is -4.86. The van der Waals surface area contributed by atoms with Gasteiger partial charge in [-0.2, -0.15) is 13.2 Å². The van der Waals surface area contributed by atoms with Crippen molar-refractivity contribution in [1.82, 2.24) is 10.2 Å². The maximum Gasteiger partial charge on any atom is 0.411 e. The molecule has 0 aromatic heterocycles. The topological polar surface area (TPSA) is 58.6 Å². The third kappa shape index (κ3) is 5.69. The molecule has 1 aromatic rings. The van der Waals surface area contributed by atoms with Crippen LogP contribution in [0.3, 0.4) is 0 Å². The van der Waals surface area contributed by atoms with Crippen molar-refractivity contribution in [3.05, 3.63) is 35.6 Å². The van der Waals surface area contributed by atoms with Gasteiger partial charge in [-0.15, -0.1) is 0 Å². The average molecular weight is 376 g/mol. The summed E-state index contributed by atoms with van der Waals surface area (Å²) in [5.41, 5.74) is -0.0100. The number of piperidine rings is 1. The average Bonchev–Trinajstić information content (AvgIpc) is 2.59. The monoisotopic (exact) mass is 376 g/mol. The Morgan fingerprint density at radius 3 is 2.46 bits per heavy atom. The van der Waals surface area contributed by atoms with Crippen molar-refractivity contribution < 1.29 is 31.9 Å². The number of nitrogens with one attached hydrogen (secondary N) is 1. The second-order valence-corrected chi connectivity index (χ2v) is 6.12. The number of hydrogen-bond acceptors (Lipinski definition) is 3. The van der Waals surface area contributed by atoms with Crippen LogP contribution >= 0.6 is 0 Å². The number of alkyl halides is 3. The van der Waals surface area contributed by atoms with E-state index in [1.807, 2.05) is 0 Å². The van der Waals surface area contributed by atoms with Crippen molar-refractivity contribution in [3.8, 4) is 0 Å². The van der Waals surface area contributed by atoms with Gasteiger partial charge in [0, 0.05) is 19.1 Å². The summed E-state index contributed by atoms with van der Waals surface area (Å²) in [6.45, 7) is 0.390. The predicted octanol–water partition coefficient (Wildman–Crippen LogP) is 2.51. The van der Waals surface area contributed by atoms with Gasteiger partial charge in [-0.05, 0) is 31.9 Å². The second kappa shape index (κ2) is 8.48. The first-order valence-corrected chi connectivity index (χ1v) is 8.20. The minimum Gasteiger partial charge on any atom is -0.359 e. The van der Waals surface area contributed by atoms with Gasteiger partial charge in [0.1, 0.15) is 18.5 Å². The van der Waals surface area contributed by atoms with E-state index in [-0.39, 0.29) is 11.6 Å². The van der Waals surface area contributed by atoms with Gasteiger partial charge in [0.15, 0.2) is 0 Å². The van der Waals surface area contributed by atoms with E-state index in [9.17, 15) is 27.2 Å². The molecule has 5 nitrogen and oxygen atoms in total. The standard InChI is InChI=1S/C17H20F4N2O3/c1-11(26-10-17(19,20)21)15(24)22-12-6-8-23(9-7-12)16(25)13-4-2-3-5-14(13)18/h2-5,11-12H,6-10H2,1H3,(H,22,24)/t11-/m0/s1. The zero-order valence-corrected chi connectivity index (χ0v) is 14.2. The number of rotatable bonds is 5. The summed E-state index contributed by atoms with van der Waals surface area (Å²) in [6, 6.07) is 5.42. The normalized spacial score (nSPS) is 17.0. The molecular formula is C17H20F4N2O3. The van der Waals surface area contributed by atoms with Gasteiger partial charge in [-0.25, -0.2) is 4.39 Å². The number of nitrogens with zero attached hydrogens (tertiary/aromatic N) is 1. The van der Waals surface area contributed by atoms with Gasteiger partial charge in [0.25, 0.3) is 5.91 Å². The zero-order chi connectivity index (χ0) is 19.3. The Bertz CT molecular complexity index is 643. The number of carbonyl (C=O) groups excluding carboxylic acids is 2. The molecule has 0 radical (unpaired) electrons. The molecule has 1 saturated heterocycles. The van der Waals surface area contributed by atoms with Gasteiger partial charge in [0.2, 0.25) is 5.91 Å².